The van der Waals surface area contributed by atoms with E-state index in [2.05, 4.69) is 231 Å². The van der Waals surface area contributed by atoms with Crippen LogP contribution in [-0.4, -0.2) is 151 Å². The van der Waals surface area contributed by atoms with Crippen LogP contribution < -0.4 is 48.1 Å². The SMILES string of the molecule is CC(C)N(B([P-][Si]([P-]B(N(C(C)C)C(C)C)N([Si](C)(C)C)[Si](C)(C)C)(c1ccccc1)c1ccccc1)N([Si](C)(C)C)[Si](C)(C)C)C(C)C.COCCOC.COCCOC.[Li+].[Li+]. The molecule has 0 aliphatic heterocycles. The minimum atomic E-state index is -2.56. The summed E-state index contributed by atoms with van der Waals surface area (Å²) in [4.78, 5) is 5.82. The summed E-state index contributed by atoms with van der Waals surface area (Å²) < 4.78 is 24.9. The Morgan fingerprint density at radius 1 is 0.413 bits per heavy atom. The molecule has 0 bridgehead atoms. The molecule has 2 rings (SSSR count). The first-order valence-corrected chi connectivity index (χ1v) is 42.1. The fourth-order valence-electron chi connectivity index (χ4n) is 8.68. The summed E-state index contributed by atoms with van der Waals surface area (Å²) in [6.45, 7) is 54.3. The van der Waals surface area contributed by atoms with Gasteiger partial charge in [0.05, 0.1) is 26.4 Å². The van der Waals surface area contributed by atoms with Gasteiger partial charge in [-0.25, -0.2) is 0 Å². The van der Waals surface area contributed by atoms with E-state index in [1.165, 1.54) is 0 Å². The zero-order chi connectivity index (χ0) is 47.6. The number of methoxy groups -OCH3 is 4. The van der Waals surface area contributed by atoms with Crippen molar-refractivity contribution in [3.05, 3.63) is 60.7 Å². The van der Waals surface area contributed by atoms with Crippen LogP contribution >= 0.6 is 16.0 Å². The summed E-state index contributed by atoms with van der Waals surface area (Å²) in [5.41, 5.74) is 0. The number of benzene rings is 2. The Morgan fingerprint density at radius 2 is 0.619 bits per heavy atom. The predicted octanol–water partition coefficient (Wildman–Crippen LogP) is 4.85. The van der Waals surface area contributed by atoms with Gasteiger partial charge in [0, 0.05) is 28.4 Å². The third-order valence-corrected chi connectivity index (χ3v) is 39.2. The molecule has 19 heteroatoms. The topological polar surface area (TPSA) is 49.9 Å². The average Bonchev–Trinajstić information content (AvgIpc) is 3.11. The molecule has 0 saturated heterocycles. The van der Waals surface area contributed by atoms with Crippen LogP contribution in [0.4, 0.5) is 0 Å². The van der Waals surface area contributed by atoms with Gasteiger partial charge in [0.25, 0.3) is 0 Å². The molecule has 0 aliphatic rings. The van der Waals surface area contributed by atoms with Crippen molar-refractivity contribution in [2.24, 2.45) is 0 Å². The van der Waals surface area contributed by atoms with Crippen molar-refractivity contribution in [3.63, 3.8) is 0 Å². The van der Waals surface area contributed by atoms with Gasteiger partial charge in [0.2, 0.25) is 0 Å². The summed E-state index contributed by atoms with van der Waals surface area (Å²) in [6, 6.07) is 25.6. The van der Waals surface area contributed by atoms with Crippen molar-refractivity contribution in [2.75, 3.05) is 54.9 Å². The van der Waals surface area contributed by atoms with Gasteiger partial charge >= 0.3 is 37.7 Å². The van der Waals surface area contributed by atoms with Crippen LogP contribution in [0.2, 0.25) is 78.6 Å². The van der Waals surface area contributed by atoms with E-state index in [0.29, 0.717) is 64.0 Å². The minimum absolute atomic E-state index is 0. The van der Waals surface area contributed by atoms with Crippen molar-refractivity contribution in [3.8, 4) is 0 Å². The number of hydrogen-bond acceptors (Lipinski definition) is 8. The molecule has 0 amide bonds. The maximum absolute atomic E-state index is 4.66. The Hall–Kier alpha value is 1.39. The molecular weight excluding hydrogens is 886 g/mol. The fraction of sp³-hybridized carbons (Fsp3) is 0.727. The molecule has 0 aliphatic carbocycles. The van der Waals surface area contributed by atoms with Crippen LogP contribution in [0, 0.1) is 0 Å². The molecule has 352 valence electrons. The molecule has 8 nitrogen and oxygen atoms in total. The number of nitrogens with zero attached hydrogens (tertiary/aromatic N) is 4. The molecule has 0 aromatic heterocycles. The molecule has 2 aromatic rings. The Bertz CT molecular complexity index is 1290. The third kappa shape index (κ3) is 23.2. The van der Waals surface area contributed by atoms with Gasteiger partial charge in [0.1, 0.15) is 46.3 Å². The Balaban J connectivity index is -0.00000225. The maximum Gasteiger partial charge on any atom is 1.00 e. The van der Waals surface area contributed by atoms with Gasteiger partial charge in [-0.1, -0.05) is 195 Å². The van der Waals surface area contributed by atoms with Gasteiger partial charge in [0.15, 0.2) is 0 Å². The number of rotatable bonds is 24. The van der Waals surface area contributed by atoms with Crippen molar-refractivity contribution in [1.29, 1.82) is 0 Å². The quantitative estimate of drug-likeness (QED) is 0.0843. The van der Waals surface area contributed by atoms with Gasteiger partial charge in [-0.2, -0.15) is 7.41 Å². The largest absolute Gasteiger partial charge is 1.00 e. The third-order valence-electron chi connectivity index (χ3n) is 10.2. The maximum atomic E-state index is 4.66. The molecule has 0 fully saturated rings. The van der Waals surface area contributed by atoms with Crippen molar-refractivity contribution < 1.29 is 56.7 Å². The number of ether oxygens (including phenoxy) is 4. The minimum Gasteiger partial charge on any atom is -0.551 e. The first-order valence-electron chi connectivity index (χ1n) is 22.7. The molecule has 0 N–H and O–H groups in total. The van der Waals surface area contributed by atoms with Crippen LogP contribution in [0.25, 0.3) is 0 Å². The normalized spacial score (nSPS) is 13.1. The zero-order valence-electron chi connectivity index (χ0n) is 45.9. The summed E-state index contributed by atoms with van der Waals surface area (Å²) in [5.74, 6) is 0. The van der Waals surface area contributed by atoms with Gasteiger partial charge < -0.3 is 52.9 Å². The Labute approximate surface area is 425 Å². The summed E-state index contributed by atoms with van der Waals surface area (Å²) in [6.07, 6.45) is 0. The van der Waals surface area contributed by atoms with Crippen LogP contribution in [0.5, 0.6) is 0 Å². The summed E-state index contributed by atoms with van der Waals surface area (Å²) in [7, 11) is 0.196. The molecule has 0 unspecified atom stereocenters. The second-order valence-electron chi connectivity index (χ2n) is 21.0. The summed E-state index contributed by atoms with van der Waals surface area (Å²) in [5, 5.41) is 3.16. The molecule has 0 atom stereocenters. The van der Waals surface area contributed by atoms with Crippen LogP contribution in [0.3, 0.4) is 0 Å². The molecule has 0 saturated carbocycles. The van der Waals surface area contributed by atoms with Crippen molar-refractivity contribution >= 4 is 80.1 Å². The van der Waals surface area contributed by atoms with Gasteiger partial charge in [-0.05, 0) is 24.2 Å². The van der Waals surface area contributed by atoms with E-state index in [1.54, 1.807) is 54.8 Å². The Morgan fingerprint density at radius 3 is 0.778 bits per heavy atom. The molecule has 0 radical (unpaired) electrons. The van der Waals surface area contributed by atoms with Crippen molar-refractivity contribution in [1.82, 2.24) is 17.9 Å². The van der Waals surface area contributed by atoms with Gasteiger partial charge in [-0.3, -0.25) is 0 Å². The van der Waals surface area contributed by atoms with E-state index in [1.807, 2.05) is 0 Å². The number of hydrogen-bond donors (Lipinski definition) is 0. The molecule has 0 heterocycles. The van der Waals surface area contributed by atoms with E-state index < -0.39 is 40.4 Å². The fourth-order valence-corrected chi connectivity index (χ4v) is 48.6. The zero-order valence-corrected chi connectivity index (χ0v) is 52.7. The first-order chi connectivity index (χ1) is 28.0. The monoisotopic (exact) mass is 981 g/mol. The smallest absolute Gasteiger partial charge is 0.551 e. The molecule has 2 aromatic carbocycles. The second kappa shape index (κ2) is 32.3. The second-order valence-corrected chi connectivity index (χ2v) is 51.8. The molecule has 0 spiro atoms. The van der Waals surface area contributed by atoms with Crippen LogP contribution in [0.1, 0.15) is 55.4 Å². The van der Waals surface area contributed by atoms with Crippen molar-refractivity contribution in [2.45, 2.75) is 158 Å². The van der Waals surface area contributed by atoms with E-state index in [9.17, 15) is 0 Å². The standard InChI is InChI=1S/C36H74B2N4P2Si5.2C4H10O2.2Li/c1-31(2)39(32(3)4)37(41(45(9,10)11)46(12,13)14)43-49(35-27-23-21-24-28-35,36-29-25-22-26-30-36)44-38(40(33(5)6)34(7)8)42(47(15,16)17)48(18,19)20;2*1-5-3-4-6-2;;/h21-34H,1-20H3;2*3-4H2,1-2H3;;/q-2;;;2*+1. The average molecular weight is 981 g/mol. The summed E-state index contributed by atoms with van der Waals surface area (Å²) >= 11 is 0. The van der Waals surface area contributed by atoms with E-state index >= 15 is 0 Å². The van der Waals surface area contributed by atoms with Gasteiger partial charge in [-0.15, -0.1) is 10.4 Å². The molecular formula is C44H94B2Li2N4O4P2Si5. The van der Waals surface area contributed by atoms with E-state index in [-0.39, 0.29) is 37.7 Å². The van der Waals surface area contributed by atoms with E-state index in [0.717, 1.165) is 0 Å². The van der Waals surface area contributed by atoms with Crippen LogP contribution in [0.15, 0.2) is 60.7 Å². The first kappa shape index (κ1) is 68.7. The predicted molar refractivity (Wildman–Crippen MR) is 292 cm³/mol. The molecule has 63 heavy (non-hydrogen) atoms. The Kier molecular flexibility index (Phi) is 35.2. The van der Waals surface area contributed by atoms with E-state index in [4.69, 9.17) is 0 Å². The van der Waals surface area contributed by atoms with Crippen LogP contribution in [-0.2, 0) is 18.9 Å².